The molecule has 1 aliphatic carbocycles. The summed E-state index contributed by atoms with van der Waals surface area (Å²) >= 11 is 0. The van der Waals surface area contributed by atoms with E-state index in [4.69, 9.17) is 0 Å². The Kier molecular flexibility index (Phi) is 5.14. The molecule has 1 aromatic carbocycles. The topological polar surface area (TPSA) is 57.6 Å². The molecule has 4 heteroatoms. The van der Waals surface area contributed by atoms with Gasteiger partial charge >= 0.3 is 5.97 Å². The second-order valence-electron chi connectivity index (χ2n) is 5.49. The predicted octanol–water partition coefficient (Wildman–Crippen LogP) is 2.35. The molecule has 2 atom stereocenters. The van der Waals surface area contributed by atoms with Crippen LogP contribution in [0.3, 0.4) is 0 Å². The summed E-state index contributed by atoms with van der Waals surface area (Å²) in [4.78, 5) is 25.4. The van der Waals surface area contributed by atoms with Crippen molar-refractivity contribution in [1.82, 2.24) is 4.90 Å². The van der Waals surface area contributed by atoms with Gasteiger partial charge in [-0.25, -0.2) is 0 Å². The average molecular weight is 287 g/mol. The van der Waals surface area contributed by atoms with Gasteiger partial charge in [-0.2, -0.15) is 0 Å². The number of benzene rings is 1. The lowest BCUT2D eigenvalue weighted by Crippen LogP contribution is -2.40. The van der Waals surface area contributed by atoms with Crippen molar-refractivity contribution in [2.75, 3.05) is 13.6 Å². The van der Waals surface area contributed by atoms with Gasteiger partial charge in [0, 0.05) is 13.6 Å². The first kappa shape index (κ1) is 15.3. The lowest BCUT2D eigenvalue weighted by Gasteiger charge is -2.28. The first-order valence-corrected chi connectivity index (χ1v) is 7.26. The van der Waals surface area contributed by atoms with Crippen molar-refractivity contribution >= 4 is 11.9 Å². The molecule has 2 rings (SSSR count). The minimum Gasteiger partial charge on any atom is -0.481 e. The molecule has 21 heavy (non-hydrogen) atoms. The smallest absolute Gasteiger partial charge is 0.307 e. The van der Waals surface area contributed by atoms with E-state index in [0.29, 0.717) is 19.4 Å². The average Bonchev–Trinajstić information content (AvgIpc) is 2.52. The molecule has 0 saturated heterocycles. The zero-order chi connectivity index (χ0) is 15.2. The van der Waals surface area contributed by atoms with Crippen LogP contribution in [0.15, 0.2) is 42.5 Å². The molecule has 1 N–H and O–H groups in total. The van der Waals surface area contributed by atoms with E-state index in [9.17, 15) is 14.7 Å². The van der Waals surface area contributed by atoms with E-state index in [-0.39, 0.29) is 5.91 Å². The Hall–Kier alpha value is -2.10. The van der Waals surface area contributed by atoms with Crippen LogP contribution in [0.25, 0.3) is 0 Å². The molecule has 0 radical (unpaired) electrons. The number of carbonyl (C=O) groups is 2. The van der Waals surface area contributed by atoms with Gasteiger partial charge in [0.15, 0.2) is 0 Å². The van der Waals surface area contributed by atoms with Crippen LogP contribution in [-0.2, 0) is 16.0 Å². The molecule has 1 amide bonds. The maximum atomic E-state index is 12.5. The van der Waals surface area contributed by atoms with Crippen LogP contribution in [0.4, 0.5) is 0 Å². The fourth-order valence-corrected chi connectivity index (χ4v) is 2.69. The molecule has 0 fully saturated rings. The third-order valence-corrected chi connectivity index (χ3v) is 4.02. The van der Waals surface area contributed by atoms with Crippen molar-refractivity contribution in [3.8, 4) is 0 Å². The molecule has 0 aliphatic heterocycles. The van der Waals surface area contributed by atoms with Gasteiger partial charge in [-0.1, -0.05) is 42.5 Å². The summed E-state index contributed by atoms with van der Waals surface area (Å²) in [5.74, 6) is -1.98. The van der Waals surface area contributed by atoms with Crippen molar-refractivity contribution in [2.45, 2.75) is 19.3 Å². The minimum atomic E-state index is -0.880. The Morgan fingerprint density at radius 3 is 2.38 bits per heavy atom. The quantitative estimate of drug-likeness (QED) is 0.846. The van der Waals surface area contributed by atoms with E-state index in [1.807, 2.05) is 42.5 Å². The number of rotatable bonds is 5. The number of hydrogen-bond donors (Lipinski definition) is 1. The third-order valence-electron chi connectivity index (χ3n) is 4.02. The van der Waals surface area contributed by atoms with Crippen molar-refractivity contribution in [2.24, 2.45) is 11.8 Å². The molecular formula is C17H21NO3. The number of allylic oxidation sites excluding steroid dienone is 2. The first-order valence-electron chi connectivity index (χ1n) is 7.26. The lowest BCUT2D eigenvalue weighted by molar-refractivity contribution is -0.150. The van der Waals surface area contributed by atoms with Gasteiger partial charge in [-0.05, 0) is 24.8 Å². The number of carbonyl (C=O) groups excluding carboxylic acids is 1. The molecule has 1 aromatic rings. The van der Waals surface area contributed by atoms with Crippen molar-refractivity contribution in [1.29, 1.82) is 0 Å². The van der Waals surface area contributed by atoms with Crippen LogP contribution < -0.4 is 0 Å². The van der Waals surface area contributed by atoms with Crippen LogP contribution in [0.2, 0.25) is 0 Å². The molecule has 1 aliphatic rings. The SMILES string of the molecule is CN(CCc1ccccc1)C(=O)C1CC=CCC1C(=O)O. The van der Waals surface area contributed by atoms with E-state index in [1.165, 1.54) is 5.56 Å². The molecule has 0 heterocycles. The second-order valence-corrected chi connectivity index (χ2v) is 5.49. The normalized spacial score (nSPS) is 21.0. The van der Waals surface area contributed by atoms with E-state index < -0.39 is 17.8 Å². The highest BCUT2D eigenvalue weighted by atomic mass is 16.4. The number of aliphatic carboxylic acids is 1. The number of carboxylic acid groups (broad SMARTS) is 1. The minimum absolute atomic E-state index is 0.0670. The Balaban J connectivity index is 1.95. The maximum absolute atomic E-state index is 12.5. The van der Waals surface area contributed by atoms with E-state index in [2.05, 4.69) is 0 Å². The number of carboxylic acids is 1. The highest BCUT2D eigenvalue weighted by molar-refractivity contribution is 5.85. The van der Waals surface area contributed by atoms with Crippen molar-refractivity contribution in [3.05, 3.63) is 48.0 Å². The largest absolute Gasteiger partial charge is 0.481 e. The van der Waals surface area contributed by atoms with E-state index in [1.54, 1.807) is 11.9 Å². The van der Waals surface area contributed by atoms with Crippen LogP contribution in [0, 0.1) is 11.8 Å². The highest BCUT2D eigenvalue weighted by Crippen LogP contribution is 2.27. The lowest BCUT2D eigenvalue weighted by atomic mass is 9.82. The summed E-state index contributed by atoms with van der Waals surface area (Å²) in [5.41, 5.74) is 1.18. The molecule has 0 aromatic heterocycles. The summed E-state index contributed by atoms with van der Waals surface area (Å²) in [6.45, 7) is 0.607. The zero-order valence-electron chi connectivity index (χ0n) is 12.2. The molecule has 112 valence electrons. The summed E-state index contributed by atoms with van der Waals surface area (Å²) in [7, 11) is 1.75. The van der Waals surface area contributed by atoms with Gasteiger partial charge in [0.2, 0.25) is 5.91 Å². The van der Waals surface area contributed by atoms with Gasteiger partial charge in [-0.3, -0.25) is 9.59 Å². The zero-order valence-corrected chi connectivity index (χ0v) is 12.2. The van der Waals surface area contributed by atoms with Crippen LogP contribution in [0.5, 0.6) is 0 Å². The highest BCUT2D eigenvalue weighted by Gasteiger charge is 2.35. The number of amides is 1. The molecule has 4 nitrogen and oxygen atoms in total. The van der Waals surface area contributed by atoms with Gasteiger partial charge < -0.3 is 10.0 Å². The standard InChI is InChI=1S/C17H21NO3/c1-18(12-11-13-7-3-2-4-8-13)16(19)14-9-5-6-10-15(14)17(20)21/h2-8,14-15H,9-12H2,1H3,(H,20,21). The van der Waals surface area contributed by atoms with Gasteiger partial charge in [0.05, 0.1) is 11.8 Å². The molecule has 0 saturated carbocycles. The first-order chi connectivity index (χ1) is 10.1. The molecule has 2 unspecified atom stereocenters. The summed E-state index contributed by atoms with van der Waals surface area (Å²) in [5, 5.41) is 9.24. The Bertz CT molecular complexity index is 524. The fraction of sp³-hybridized carbons (Fsp3) is 0.412. The Labute approximate surface area is 125 Å². The fourth-order valence-electron chi connectivity index (χ4n) is 2.69. The number of hydrogen-bond acceptors (Lipinski definition) is 2. The van der Waals surface area contributed by atoms with Crippen LogP contribution in [-0.4, -0.2) is 35.5 Å². The van der Waals surface area contributed by atoms with Crippen molar-refractivity contribution < 1.29 is 14.7 Å². The molecule has 0 bridgehead atoms. The third kappa shape index (κ3) is 3.94. The maximum Gasteiger partial charge on any atom is 0.307 e. The van der Waals surface area contributed by atoms with E-state index >= 15 is 0 Å². The van der Waals surface area contributed by atoms with Crippen LogP contribution >= 0.6 is 0 Å². The van der Waals surface area contributed by atoms with Gasteiger partial charge in [-0.15, -0.1) is 0 Å². The summed E-state index contributed by atoms with van der Waals surface area (Å²) in [6.07, 6.45) is 5.51. The Morgan fingerprint density at radius 2 is 1.76 bits per heavy atom. The monoisotopic (exact) mass is 287 g/mol. The summed E-state index contributed by atoms with van der Waals surface area (Å²) in [6, 6.07) is 9.97. The number of likely N-dealkylation sites (N-methyl/N-ethyl adjacent to an activating group) is 1. The predicted molar refractivity (Wildman–Crippen MR) is 80.8 cm³/mol. The van der Waals surface area contributed by atoms with Gasteiger partial charge in [0.1, 0.15) is 0 Å². The van der Waals surface area contributed by atoms with E-state index in [0.717, 1.165) is 6.42 Å². The molecular weight excluding hydrogens is 266 g/mol. The van der Waals surface area contributed by atoms with Crippen molar-refractivity contribution in [3.63, 3.8) is 0 Å². The van der Waals surface area contributed by atoms with Crippen LogP contribution in [0.1, 0.15) is 18.4 Å². The summed E-state index contributed by atoms with van der Waals surface area (Å²) < 4.78 is 0. The number of nitrogens with zero attached hydrogens (tertiary/aromatic N) is 1. The second kappa shape index (κ2) is 7.07. The Morgan fingerprint density at radius 1 is 1.14 bits per heavy atom. The van der Waals surface area contributed by atoms with Gasteiger partial charge in [0.25, 0.3) is 0 Å². The molecule has 0 spiro atoms.